The second-order valence-corrected chi connectivity index (χ2v) is 6.32. The second kappa shape index (κ2) is 4.37. The molecular weight excluding hydrogens is 300 g/mol. The number of fused-ring (bicyclic) bond motifs is 1. The normalized spacial score (nSPS) is 19.5. The molecule has 3 heterocycles. The van der Waals surface area contributed by atoms with E-state index in [1.165, 1.54) is 0 Å². The second-order valence-electron chi connectivity index (χ2n) is 6.32. The Balaban J connectivity index is 1.88. The van der Waals surface area contributed by atoms with Crippen LogP contribution in [0.15, 0.2) is 12.3 Å². The zero-order chi connectivity index (χ0) is 16.5. The number of hydrogen-bond donors (Lipinski definition) is 0. The van der Waals surface area contributed by atoms with Gasteiger partial charge >= 0.3 is 0 Å². The lowest BCUT2D eigenvalue weighted by atomic mass is 10.1. The number of rotatable bonds is 2. The molecule has 1 atom stereocenters. The lowest BCUT2D eigenvalue weighted by Gasteiger charge is -2.08. The van der Waals surface area contributed by atoms with E-state index >= 15 is 0 Å². The average molecular weight is 317 g/mol. The van der Waals surface area contributed by atoms with Crippen molar-refractivity contribution in [2.75, 3.05) is 0 Å². The van der Waals surface area contributed by atoms with Crippen LogP contribution < -0.4 is 0 Å². The van der Waals surface area contributed by atoms with Gasteiger partial charge in [0.05, 0.1) is 23.0 Å². The third-order valence-electron chi connectivity index (χ3n) is 4.52. The number of hydrogen-bond acceptors (Lipinski definition) is 3. The van der Waals surface area contributed by atoms with E-state index in [9.17, 15) is 8.78 Å². The Morgan fingerprint density at radius 3 is 2.52 bits per heavy atom. The van der Waals surface area contributed by atoms with Gasteiger partial charge in [0.25, 0.3) is 5.92 Å². The molecule has 0 bridgehead atoms. The van der Waals surface area contributed by atoms with Gasteiger partial charge < -0.3 is 0 Å². The smallest absolute Gasteiger partial charge is 0.256 e. The minimum absolute atomic E-state index is 0.0841. The Labute approximate surface area is 131 Å². The Morgan fingerprint density at radius 2 is 1.87 bits per heavy atom. The van der Waals surface area contributed by atoms with E-state index in [4.69, 9.17) is 0 Å². The first-order valence-electron chi connectivity index (χ1n) is 7.53. The number of alkyl halides is 2. The molecule has 0 amide bonds. The van der Waals surface area contributed by atoms with E-state index in [1.54, 1.807) is 16.3 Å². The zero-order valence-corrected chi connectivity index (χ0v) is 13.4. The Kier molecular flexibility index (Phi) is 2.71. The van der Waals surface area contributed by atoms with Crippen molar-refractivity contribution in [1.29, 1.82) is 0 Å². The van der Waals surface area contributed by atoms with E-state index in [1.807, 2.05) is 33.2 Å². The van der Waals surface area contributed by atoms with Crippen LogP contribution in [-0.4, -0.2) is 30.5 Å². The summed E-state index contributed by atoms with van der Waals surface area (Å²) in [7, 11) is 1.84. The molecule has 3 aromatic rings. The summed E-state index contributed by atoms with van der Waals surface area (Å²) >= 11 is 0. The highest BCUT2D eigenvalue weighted by Gasteiger charge is 2.59. The molecule has 23 heavy (non-hydrogen) atoms. The molecule has 0 saturated heterocycles. The molecule has 1 aliphatic carbocycles. The van der Waals surface area contributed by atoms with Crippen molar-refractivity contribution >= 4 is 11.0 Å². The summed E-state index contributed by atoms with van der Waals surface area (Å²) in [5, 5.41) is 9.69. The predicted octanol–water partition coefficient (Wildman–Crippen LogP) is 3.20. The molecule has 3 aromatic heterocycles. The van der Waals surface area contributed by atoms with Crippen molar-refractivity contribution in [2.45, 2.75) is 39.0 Å². The first kappa shape index (κ1) is 14.3. The van der Waals surface area contributed by atoms with Crippen LogP contribution in [0.1, 0.15) is 35.0 Å². The maximum atomic E-state index is 13.5. The van der Waals surface area contributed by atoms with E-state index in [0.717, 1.165) is 22.5 Å². The molecule has 120 valence electrons. The molecule has 7 heteroatoms. The van der Waals surface area contributed by atoms with Crippen LogP contribution in [0, 0.1) is 20.8 Å². The van der Waals surface area contributed by atoms with Gasteiger partial charge in [0.2, 0.25) is 0 Å². The highest BCUT2D eigenvalue weighted by molar-refractivity contribution is 5.77. The summed E-state index contributed by atoms with van der Waals surface area (Å²) in [4.78, 5) is 4.50. The molecule has 1 unspecified atom stereocenters. The standard InChI is InChI=1S/C16H17F2N5/c1-8-13(5-11-7-22(4)21-15(11)19-8)23-10(3)14(9(2)20-23)12-6-16(12,17)18/h5,7,12H,6H2,1-4H3. The molecule has 4 rings (SSSR count). The molecule has 0 aliphatic heterocycles. The number of aromatic nitrogens is 5. The minimum atomic E-state index is -2.59. The fourth-order valence-electron chi connectivity index (χ4n) is 3.29. The molecule has 0 radical (unpaired) electrons. The lowest BCUT2D eigenvalue weighted by Crippen LogP contribution is -2.04. The van der Waals surface area contributed by atoms with Crippen molar-refractivity contribution in [3.63, 3.8) is 0 Å². The predicted molar refractivity (Wildman–Crippen MR) is 82.1 cm³/mol. The van der Waals surface area contributed by atoms with Gasteiger partial charge in [-0.3, -0.25) is 4.68 Å². The van der Waals surface area contributed by atoms with Crippen LogP contribution >= 0.6 is 0 Å². The largest absolute Gasteiger partial charge is 0.273 e. The molecule has 1 aliphatic rings. The van der Waals surface area contributed by atoms with Crippen molar-refractivity contribution < 1.29 is 8.78 Å². The van der Waals surface area contributed by atoms with Crippen LogP contribution in [0.4, 0.5) is 8.78 Å². The number of nitrogens with zero attached hydrogens (tertiary/aromatic N) is 5. The van der Waals surface area contributed by atoms with Crippen LogP contribution in [0.5, 0.6) is 0 Å². The average Bonchev–Trinajstić information content (AvgIpc) is 2.77. The van der Waals surface area contributed by atoms with Crippen LogP contribution in [0.25, 0.3) is 16.7 Å². The van der Waals surface area contributed by atoms with E-state index in [2.05, 4.69) is 15.2 Å². The van der Waals surface area contributed by atoms with Gasteiger partial charge in [-0.1, -0.05) is 0 Å². The van der Waals surface area contributed by atoms with Gasteiger partial charge in [-0.25, -0.2) is 18.4 Å². The van der Waals surface area contributed by atoms with Crippen molar-refractivity contribution in [1.82, 2.24) is 24.5 Å². The van der Waals surface area contributed by atoms with Crippen molar-refractivity contribution in [3.05, 3.63) is 34.9 Å². The summed E-state index contributed by atoms with van der Waals surface area (Å²) in [6, 6.07) is 1.96. The van der Waals surface area contributed by atoms with Gasteiger partial charge in [-0.05, 0) is 26.8 Å². The van der Waals surface area contributed by atoms with Gasteiger partial charge in [-0.15, -0.1) is 0 Å². The molecule has 1 fully saturated rings. The van der Waals surface area contributed by atoms with E-state index in [-0.39, 0.29) is 6.42 Å². The highest BCUT2D eigenvalue weighted by atomic mass is 19.3. The Hall–Kier alpha value is -2.31. The maximum absolute atomic E-state index is 13.5. The maximum Gasteiger partial charge on any atom is 0.256 e. The zero-order valence-electron chi connectivity index (χ0n) is 13.4. The lowest BCUT2D eigenvalue weighted by molar-refractivity contribution is 0.112. The van der Waals surface area contributed by atoms with E-state index < -0.39 is 11.8 Å². The molecule has 5 nitrogen and oxygen atoms in total. The summed E-state index contributed by atoms with van der Waals surface area (Å²) in [6.07, 6.45) is 1.80. The van der Waals surface area contributed by atoms with Gasteiger partial charge in [0, 0.05) is 36.3 Å². The molecule has 0 spiro atoms. The SMILES string of the molecule is Cc1nc2nn(C)cc2cc1-n1nc(C)c(C2CC2(F)F)c1C. The van der Waals surface area contributed by atoms with Gasteiger partial charge in [0.1, 0.15) is 0 Å². The van der Waals surface area contributed by atoms with Crippen LogP contribution in [-0.2, 0) is 7.05 Å². The summed E-state index contributed by atoms with van der Waals surface area (Å²) in [5.74, 6) is -3.30. The van der Waals surface area contributed by atoms with Gasteiger partial charge in [0.15, 0.2) is 5.65 Å². The number of aryl methyl sites for hydroxylation is 3. The van der Waals surface area contributed by atoms with Crippen molar-refractivity contribution in [2.24, 2.45) is 7.05 Å². The monoisotopic (exact) mass is 317 g/mol. The molecule has 1 saturated carbocycles. The fraction of sp³-hybridized carbons (Fsp3) is 0.438. The van der Waals surface area contributed by atoms with Crippen molar-refractivity contribution in [3.8, 4) is 5.69 Å². The first-order valence-corrected chi connectivity index (χ1v) is 7.53. The molecular formula is C16H17F2N5. The summed E-state index contributed by atoms with van der Waals surface area (Å²) in [6.45, 7) is 5.51. The van der Waals surface area contributed by atoms with Crippen LogP contribution in [0.3, 0.4) is 0 Å². The number of pyridine rings is 1. The Bertz CT molecular complexity index is 938. The third kappa shape index (κ3) is 2.06. The first-order chi connectivity index (χ1) is 10.8. The quantitative estimate of drug-likeness (QED) is 0.729. The molecule has 0 aromatic carbocycles. The highest BCUT2D eigenvalue weighted by Crippen LogP contribution is 2.57. The summed E-state index contributed by atoms with van der Waals surface area (Å²) < 4.78 is 30.4. The Morgan fingerprint density at radius 1 is 1.17 bits per heavy atom. The van der Waals surface area contributed by atoms with Crippen LogP contribution in [0.2, 0.25) is 0 Å². The van der Waals surface area contributed by atoms with Gasteiger partial charge in [-0.2, -0.15) is 10.2 Å². The van der Waals surface area contributed by atoms with E-state index in [0.29, 0.717) is 16.9 Å². The number of halogens is 2. The fourth-order valence-corrected chi connectivity index (χ4v) is 3.29. The minimum Gasteiger partial charge on any atom is -0.273 e. The summed E-state index contributed by atoms with van der Waals surface area (Å²) in [5.41, 5.74) is 4.34. The topological polar surface area (TPSA) is 48.5 Å². The molecule has 0 N–H and O–H groups in total. The third-order valence-corrected chi connectivity index (χ3v) is 4.52.